The lowest BCUT2D eigenvalue weighted by Crippen LogP contribution is -2.31. The normalized spacial score (nSPS) is 14.9. The predicted octanol–water partition coefficient (Wildman–Crippen LogP) is 0.981. The zero-order valence-corrected chi connectivity index (χ0v) is 9.90. The van der Waals surface area contributed by atoms with Crippen LogP contribution in [0.25, 0.3) is 0 Å². The third-order valence-electron chi connectivity index (χ3n) is 2.73. The number of aryl methyl sites for hydroxylation is 1. The number of ether oxygens (including phenoxy) is 1. The molecule has 0 aliphatic carbocycles. The third kappa shape index (κ3) is 2.81. The average Bonchev–Trinajstić information content (AvgIpc) is 2.70. The summed E-state index contributed by atoms with van der Waals surface area (Å²) >= 11 is 0. The van der Waals surface area contributed by atoms with Gasteiger partial charge in [-0.25, -0.2) is 4.79 Å². The molecule has 92 valence electrons. The van der Waals surface area contributed by atoms with Crippen LogP contribution in [0.3, 0.4) is 0 Å². The van der Waals surface area contributed by atoms with Crippen molar-refractivity contribution in [1.82, 2.24) is 10.2 Å². The van der Waals surface area contributed by atoms with Gasteiger partial charge >= 0.3 is 6.03 Å². The number of benzene rings is 1. The molecular formula is C12H17N3O2. The number of carbonyl (C=O) groups is 1. The van der Waals surface area contributed by atoms with Gasteiger partial charge in [-0.1, -0.05) is 6.07 Å². The van der Waals surface area contributed by atoms with Crippen molar-refractivity contribution in [2.24, 2.45) is 0 Å². The molecule has 1 saturated heterocycles. The Kier molecular flexibility index (Phi) is 3.37. The molecule has 5 heteroatoms. The monoisotopic (exact) mass is 235 g/mol. The summed E-state index contributed by atoms with van der Waals surface area (Å²) in [5.74, 6) is 0.685. The van der Waals surface area contributed by atoms with Gasteiger partial charge in [-0.05, 0) is 24.6 Å². The van der Waals surface area contributed by atoms with Crippen LogP contribution in [0.5, 0.6) is 5.75 Å². The van der Waals surface area contributed by atoms with Crippen LogP contribution in [-0.2, 0) is 0 Å². The number of carbonyl (C=O) groups excluding carboxylic acids is 1. The third-order valence-corrected chi connectivity index (χ3v) is 2.73. The molecule has 5 nitrogen and oxygen atoms in total. The number of urea groups is 1. The number of nitrogens with zero attached hydrogens (tertiary/aromatic N) is 1. The molecule has 0 saturated carbocycles. The second-order valence-electron chi connectivity index (χ2n) is 4.11. The van der Waals surface area contributed by atoms with Crippen LogP contribution in [0, 0.1) is 6.92 Å². The van der Waals surface area contributed by atoms with Crippen LogP contribution in [0.1, 0.15) is 5.56 Å². The molecule has 2 rings (SSSR count). The van der Waals surface area contributed by atoms with E-state index in [4.69, 9.17) is 10.5 Å². The molecule has 1 aliphatic heterocycles. The van der Waals surface area contributed by atoms with Crippen molar-refractivity contribution in [3.63, 3.8) is 0 Å². The Balaban J connectivity index is 1.85. The van der Waals surface area contributed by atoms with Crippen molar-refractivity contribution < 1.29 is 9.53 Å². The zero-order chi connectivity index (χ0) is 12.3. The first-order chi connectivity index (χ1) is 8.16. The highest BCUT2D eigenvalue weighted by molar-refractivity contribution is 5.76. The molecule has 1 aliphatic rings. The fraction of sp³-hybridized carbons (Fsp3) is 0.417. The van der Waals surface area contributed by atoms with Gasteiger partial charge in [0.1, 0.15) is 12.4 Å². The Hall–Kier alpha value is -1.91. The Bertz CT molecular complexity index is 420. The highest BCUT2D eigenvalue weighted by Gasteiger charge is 2.18. The first-order valence-corrected chi connectivity index (χ1v) is 5.68. The van der Waals surface area contributed by atoms with E-state index in [0.29, 0.717) is 31.1 Å². The number of anilines is 1. The topological polar surface area (TPSA) is 67.6 Å². The van der Waals surface area contributed by atoms with Gasteiger partial charge in [0, 0.05) is 13.1 Å². The summed E-state index contributed by atoms with van der Waals surface area (Å²) in [5.41, 5.74) is 7.52. The molecule has 0 atom stereocenters. The van der Waals surface area contributed by atoms with E-state index >= 15 is 0 Å². The molecule has 1 aromatic rings. The molecule has 0 radical (unpaired) electrons. The van der Waals surface area contributed by atoms with Gasteiger partial charge in [-0.3, -0.25) is 0 Å². The van der Waals surface area contributed by atoms with E-state index in [1.54, 1.807) is 4.90 Å². The Morgan fingerprint density at radius 2 is 2.35 bits per heavy atom. The van der Waals surface area contributed by atoms with E-state index in [0.717, 1.165) is 12.1 Å². The van der Waals surface area contributed by atoms with Gasteiger partial charge in [0.2, 0.25) is 0 Å². The van der Waals surface area contributed by atoms with Gasteiger partial charge in [0.15, 0.2) is 0 Å². The number of hydrogen-bond acceptors (Lipinski definition) is 3. The molecule has 0 unspecified atom stereocenters. The summed E-state index contributed by atoms with van der Waals surface area (Å²) in [4.78, 5) is 13.0. The van der Waals surface area contributed by atoms with Crippen LogP contribution in [-0.4, -0.2) is 37.2 Å². The first kappa shape index (κ1) is 11.6. The first-order valence-electron chi connectivity index (χ1n) is 5.68. The fourth-order valence-corrected chi connectivity index (χ4v) is 1.76. The SMILES string of the molecule is Cc1ccc(N)c(OCCN2CCNC2=O)c1. The molecule has 1 aromatic carbocycles. The van der Waals surface area contributed by atoms with Crippen LogP contribution in [0.15, 0.2) is 18.2 Å². The fourth-order valence-electron chi connectivity index (χ4n) is 1.76. The van der Waals surface area contributed by atoms with Crippen LogP contribution in [0.4, 0.5) is 10.5 Å². The second-order valence-corrected chi connectivity index (χ2v) is 4.11. The molecule has 3 N–H and O–H groups in total. The van der Waals surface area contributed by atoms with Crippen molar-refractivity contribution >= 4 is 11.7 Å². The quantitative estimate of drug-likeness (QED) is 0.764. The summed E-state index contributed by atoms with van der Waals surface area (Å²) in [6, 6.07) is 5.65. The Morgan fingerprint density at radius 3 is 3.06 bits per heavy atom. The largest absolute Gasteiger partial charge is 0.490 e. The van der Waals surface area contributed by atoms with Gasteiger partial charge in [-0.15, -0.1) is 0 Å². The molecule has 0 spiro atoms. The van der Waals surface area contributed by atoms with Gasteiger partial charge in [-0.2, -0.15) is 0 Å². The molecule has 1 heterocycles. The Morgan fingerprint density at radius 1 is 1.53 bits per heavy atom. The number of amides is 2. The van der Waals surface area contributed by atoms with E-state index in [1.165, 1.54) is 0 Å². The van der Waals surface area contributed by atoms with E-state index in [2.05, 4.69) is 5.32 Å². The lowest BCUT2D eigenvalue weighted by atomic mass is 10.2. The lowest BCUT2D eigenvalue weighted by molar-refractivity contribution is 0.203. The number of rotatable bonds is 4. The molecule has 1 fully saturated rings. The zero-order valence-electron chi connectivity index (χ0n) is 9.90. The van der Waals surface area contributed by atoms with E-state index in [9.17, 15) is 4.79 Å². The number of hydrogen-bond donors (Lipinski definition) is 2. The minimum absolute atomic E-state index is 0.0224. The summed E-state index contributed by atoms with van der Waals surface area (Å²) in [7, 11) is 0. The van der Waals surface area contributed by atoms with Gasteiger partial charge in [0.05, 0.1) is 12.2 Å². The van der Waals surface area contributed by atoms with Gasteiger partial charge in [0.25, 0.3) is 0 Å². The number of nitrogens with two attached hydrogens (primary N) is 1. The maximum atomic E-state index is 11.3. The molecule has 2 amide bonds. The smallest absolute Gasteiger partial charge is 0.317 e. The molecule has 17 heavy (non-hydrogen) atoms. The second kappa shape index (κ2) is 4.95. The number of nitrogen functional groups attached to an aromatic ring is 1. The van der Waals surface area contributed by atoms with Crippen molar-refractivity contribution in [3.8, 4) is 5.75 Å². The summed E-state index contributed by atoms with van der Waals surface area (Å²) in [5, 5.41) is 2.75. The molecule has 0 aromatic heterocycles. The van der Waals surface area contributed by atoms with E-state index < -0.39 is 0 Å². The van der Waals surface area contributed by atoms with Crippen molar-refractivity contribution in [1.29, 1.82) is 0 Å². The van der Waals surface area contributed by atoms with Gasteiger partial charge < -0.3 is 20.7 Å². The maximum Gasteiger partial charge on any atom is 0.317 e. The number of nitrogens with one attached hydrogen (secondary N) is 1. The standard InChI is InChI=1S/C12H17N3O2/c1-9-2-3-10(13)11(8-9)17-7-6-15-5-4-14-12(15)16/h2-3,8H,4-7,13H2,1H3,(H,14,16). The average molecular weight is 235 g/mol. The van der Waals surface area contributed by atoms with Crippen LogP contribution < -0.4 is 15.8 Å². The van der Waals surface area contributed by atoms with Crippen molar-refractivity contribution in [2.45, 2.75) is 6.92 Å². The van der Waals surface area contributed by atoms with Crippen LogP contribution >= 0.6 is 0 Å². The molecule has 0 bridgehead atoms. The Labute approximate surface area is 101 Å². The molecular weight excluding hydrogens is 218 g/mol. The van der Waals surface area contributed by atoms with E-state index in [1.807, 2.05) is 25.1 Å². The highest BCUT2D eigenvalue weighted by Crippen LogP contribution is 2.22. The lowest BCUT2D eigenvalue weighted by Gasteiger charge is -2.15. The van der Waals surface area contributed by atoms with Crippen LogP contribution in [0.2, 0.25) is 0 Å². The predicted molar refractivity (Wildman–Crippen MR) is 66.1 cm³/mol. The maximum absolute atomic E-state index is 11.3. The van der Waals surface area contributed by atoms with E-state index in [-0.39, 0.29) is 6.03 Å². The summed E-state index contributed by atoms with van der Waals surface area (Å²) in [6.45, 7) is 4.48. The van der Waals surface area contributed by atoms with Crippen molar-refractivity contribution in [3.05, 3.63) is 23.8 Å². The minimum atomic E-state index is -0.0224. The minimum Gasteiger partial charge on any atom is -0.490 e. The summed E-state index contributed by atoms with van der Waals surface area (Å²) in [6.07, 6.45) is 0. The summed E-state index contributed by atoms with van der Waals surface area (Å²) < 4.78 is 5.58. The van der Waals surface area contributed by atoms with Crippen molar-refractivity contribution in [2.75, 3.05) is 32.0 Å². The highest BCUT2D eigenvalue weighted by atomic mass is 16.5.